The number of hydrogen-bond donors (Lipinski definition) is 2. The Labute approximate surface area is 205 Å². The van der Waals surface area contributed by atoms with Crippen LogP contribution in [0.2, 0.25) is 36.3 Å². The van der Waals surface area contributed by atoms with Crippen LogP contribution in [0, 0.1) is 11.8 Å². The van der Waals surface area contributed by atoms with E-state index in [1.54, 1.807) is 21.6 Å². The topological polar surface area (TPSA) is 76.7 Å². The average Bonchev–Trinajstić information content (AvgIpc) is 2.53. The van der Waals surface area contributed by atoms with Crippen molar-refractivity contribution in [1.29, 1.82) is 0 Å². The Morgan fingerprint density at radius 2 is 1.00 bits per heavy atom. The van der Waals surface area contributed by atoms with Gasteiger partial charge in [0, 0.05) is 0 Å². The SMILES string of the molecule is CC(O[Si](C)(C)C(C)(C)C)C1C(=O)NC1SSC1NC(=O)C1C(C)O[Si](C)(C)C(C)(C)C. The molecule has 6 atom stereocenters. The molecule has 2 saturated heterocycles. The predicted molar refractivity (Wildman–Crippen MR) is 142 cm³/mol. The molecule has 0 aromatic rings. The molecule has 0 radical (unpaired) electrons. The van der Waals surface area contributed by atoms with Crippen LogP contribution in [0.15, 0.2) is 0 Å². The van der Waals surface area contributed by atoms with Gasteiger partial charge in [0.2, 0.25) is 11.8 Å². The average molecular weight is 521 g/mol. The Bertz CT molecular complexity index is 662. The number of β-lactam (4-membered cyclic amide) rings is 2. The summed E-state index contributed by atoms with van der Waals surface area (Å²) in [6.45, 7) is 26.2. The van der Waals surface area contributed by atoms with Crippen LogP contribution in [0.5, 0.6) is 0 Å². The summed E-state index contributed by atoms with van der Waals surface area (Å²) in [5.74, 6) is -0.232. The lowest BCUT2D eigenvalue weighted by Gasteiger charge is -2.47. The molecule has 32 heavy (non-hydrogen) atoms. The van der Waals surface area contributed by atoms with Crippen LogP contribution in [0.3, 0.4) is 0 Å². The normalized spacial score (nSPS) is 28.9. The molecule has 0 aromatic heterocycles. The van der Waals surface area contributed by atoms with Crippen molar-refractivity contribution in [2.75, 3.05) is 0 Å². The monoisotopic (exact) mass is 520 g/mol. The molecule has 2 amide bonds. The van der Waals surface area contributed by atoms with Gasteiger partial charge < -0.3 is 19.5 Å². The number of nitrogens with one attached hydrogen (secondary N) is 2. The highest BCUT2D eigenvalue weighted by atomic mass is 33.1. The van der Waals surface area contributed by atoms with Crippen LogP contribution in [0.1, 0.15) is 55.4 Å². The smallest absolute Gasteiger partial charge is 0.229 e. The minimum absolute atomic E-state index is 0.0120. The third kappa shape index (κ3) is 5.97. The van der Waals surface area contributed by atoms with Crippen molar-refractivity contribution in [1.82, 2.24) is 10.6 Å². The first-order valence-corrected chi connectivity index (χ1v) is 19.7. The molecule has 0 saturated carbocycles. The number of carbonyl (C=O) groups excluding carboxylic acids is 2. The zero-order valence-electron chi connectivity index (χ0n) is 21.9. The Morgan fingerprint density at radius 3 is 1.22 bits per heavy atom. The van der Waals surface area contributed by atoms with Crippen molar-refractivity contribution in [2.24, 2.45) is 11.8 Å². The summed E-state index contributed by atoms with van der Waals surface area (Å²) < 4.78 is 13.0. The van der Waals surface area contributed by atoms with Gasteiger partial charge in [0.05, 0.1) is 34.8 Å². The zero-order valence-corrected chi connectivity index (χ0v) is 25.5. The molecule has 2 N–H and O–H groups in total. The van der Waals surface area contributed by atoms with E-state index in [0.717, 1.165) is 0 Å². The standard InChI is InChI=1S/C22H44N2O4S2Si2/c1-13(27-31(9,10)21(3,4)5)15-17(25)23-19(15)29-30-20-16(18(26)24-20)14(2)28-32(11,12)22(6,7)8/h13-16,19-20H,1-12H3,(H,23,25)(H,24,26). The fraction of sp³-hybridized carbons (Fsp3) is 0.909. The van der Waals surface area contributed by atoms with Gasteiger partial charge >= 0.3 is 0 Å². The van der Waals surface area contributed by atoms with E-state index in [9.17, 15) is 9.59 Å². The first-order chi connectivity index (χ1) is 14.3. The molecule has 2 aliphatic rings. The maximum Gasteiger partial charge on any atom is 0.229 e. The maximum absolute atomic E-state index is 12.3. The van der Waals surface area contributed by atoms with Gasteiger partial charge in [0.1, 0.15) is 0 Å². The number of rotatable bonds is 9. The van der Waals surface area contributed by atoms with Crippen molar-refractivity contribution in [2.45, 2.75) is 115 Å². The van der Waals surface area contributed by atoms with Crippen LogP contribution >= 0.6 is 21.6 Å². The lowest BCUT2D eigenvalue weighted by Crippen LogP contribution is -2.63. The molecular weight excluding hydrogens is 477 g/mol. The van der Waals surface area contributed by atoms with Crippen LogP contribution in [0.25, 0.3) is 0 Å². The van der Waals surface area contributed by atoms with Gasteiger partial charge in [-0.3, -0.25) is 9.59 Å². The molecule has 0 bridgehead atoms. The summed E-state index contributed by atoms with van der Waals surface area (Å²) in [6, 6.07) is 0. The van der Waals surface area contributed by atoms with Crippen LogP contribution < -0.4 is 10.6 Å². The van der Waals surface area contributed by atoms with Crippen LogP contribution in [0.4, 0.5) is 0 Å². The van der Waals surface area contributed by atoms with Crippen LogP contribution in [-0.4, -0.2) is 51.4 Å². The highest BCUT2D eigenvalue weighted by Crippen LogP contribution is 2.46. The lowest BCUT2D eigenvalue weighted by molar-refractivity contribution is -0.137. The molecule has 2 aliphatic heterocycles. The molecule has 0 aromatic carbocycles. The fourth-order valence-electron chi connectivity index (χ4n) is 3.37. The van der Waals surface area contributed by atoms with E-state index in [1.807, 2.05) is 13.8 Å². The largest absolute Gasteiger partial charge is 0.413 e. The summed E-state index contributed by atoms with van der Waals surface area (Å²) >= 11 is 0. The van der Waals surface area contributed by atoms with Crippen molar-refractivity contribution in [3.63, 3.8) is 0 Å². The van der Waals surface area contributed by atoms with Gasteiger partial charge in [-0.2, -0.15) is 0 Å². The fourth-order valence-corrected chi connectivity index (χ4v) is 9.45. The van der Waals surface area contributed by atoms with Crippen molar-refractivity contribution < 1.29 is 18.4 Å². The molecule has 2 fully saturated rings. The Hall–Kier alpha value is -0.00623. The molecule has 6 unspecified atom stereocenters. The molecule has 10 heteroatoms. The highest BCUT2D eigenvalue weighted by Gasteiger charge is 2.51. The molecule has 0 spiro atoms. The Morgan fingerprint density at radius 1 is 0.719 bits per heavy atom. The molecule has 6 nitrogen and oxygen atoms in total. The number of amides is 2. The van der Waals surface area contributed by atoms with Gasteiger partial charge in [-0.1, -0.05) is 63.1 Å². The van der Waals surface area contributed by atoms with Gasteiger partial charge in [0.15, 0.2) is 16.6 Å². The number of hydrogen-bond acceptors (Lipinski definition) is 6. The van der Waals surface area contributed by atoms with E-state index in [2.05, 4.69) is 78.4 Å². The third-order valence-corrected chi connectivity index (χ3v) is 19.7. The summed E-state index contributed by atoms with van der Waals surface area (Å²) in [5.41, 5.74) is 0. The molecule has 2 rings (SSSR count). The van der Waals surface area contributed by atoms with Gasteiger partial charge in [-0.25, -0.2) is 0 Å². The van der Waals surface area contributed by atoms with Crippen LogP contribution in [-0.2, 0) is 18.4 Å². The zero-order chi connectivity index (χ0) is 24.9. The second-order valence-corrected chi connectivity index (χ2v) is 24.3. The summed E-state index contributed by atoms with van der Waals surface area (Å²) in [6.07, 6.45) is -0.259. The van der Waals surface area contributed by atoms with Crippen molar-refractivity contribution >= 4 is 50.0 Å². The minimum Gasteiger partial charge on any atom is -0.413 e. The van der Waals surface area contributed by atoms with Gasteiger partial charge in [0.25, 0.3) is 0 Å². The van der Waals surface area contributed by atoms with Gasteiger partial charge in [-0.15, -0.1) is 0 Å². The predicted octanol–water partition coefficient (Wildman–Crippen LogP) is 5.33. The summed E-state index contributed by atoms with van der Waals surface area (Å²) in [4.78, 5) is 24.7. The lowest BCUT2D eigenvalue weighted by atomic mass is 9.96. The van der Waals surface area contributed by atoms with Crippen molar-refractivity contribution in [3.8, 4) is 0 Å². The van der Waals surface area contributed by atoms with E-state index >= 15 is 0 Å². The Kier molecular flexibility index (Phi) is 8.44. The molecule has 0 aliphatic carbocycles. The number of carbonyl (C=O) groups is 2. The minimum atomic E-state index is -1.95. The van der Waals surface area contributed by atoms with E-state index < -0.39 is 16.6 Å². The molecule has 2 heterocycles. The summed E-state index contributed by atoms with van der Waals surface area (Å²) in [7, 11) is -0.647. The summed E-state index contributed by atoms with van der Waals surface area (Å²) in [5, 5.41) is 6.21. The van der Waals surface area contributed by atoms with Crippen molar-refractivity contribution in [3.05, 3.63) is 0 Å². The third-order valence-electron chi connectivity index (χ3n) is 7.67. The first kappa shape index (κ1) is 28.2. The maximum atomic E-state index is 12.3. The Balaban J connectivity index is 1.94. The van der Waals surface area contributed by atoms with Gasteiger partial charge in [-0.05, 0) is 50.1 Å². The highest BCUT2D eigenvalue weighted by molar-refractivity contribution is 8.77. The molecule has 186 valence electrons. The quantitative estimate of drug-likeness (QED) is 0.243. The van der Waals surface area contributed by atoms with E-state index in [0.29, 0.717) is 0 Å². The first-order valence-electron chi connectivity index (χ1n) is 11.6. The van der Waals surface area contributed by atoms with E-state index in [4.69, 9.17) is 8.85 Å². The van der Waals surface area contributed by atoms with E-state index in [-0.39, 0.29) is 56.7 Å². The second-order valence-electron chi connectivity index (χ2n) is 12.3. The van der Waals surface area contributed by atoms with E-state index in [1.165, 1.54) is 0 Å². The molecular formula is C22H44N2O4S2Si2. The second kappa shape index (κ2) is 9.56.